The van der Waals surface area contributed by atoms with Gasteiger partial charge in [-0.05, 0) is 48.6 Å². The van der Waals surface area contributed by atoms with Crippen LogP contribution in [0.4, 0.5) is 0 Å². The zero-order chi connectivity index (χ0) is 23.6. The predicted octanol–water partition coefficient (Wildman–Crippen LogP) is 3.54. The third-order valence-electron chi connectivity index (χ3n) is 7.54. The lowest BCUT2D eigenvalue weighted by Gasteiger charge is -2.41. The van der Waals surface area contributed by atoms with Crippen molar-refractivity contribution in [3.05, 3.63) is 53.7 Å². The molecule has 0 radical (unpaired) electrons. The van der Waals surface area contributed by atoms with Crippen LogP contribution in [-0.4, -0.2) is 62.4 Å². The first-order valence-corrected chi connectivity index (χ1v) is 12.1. The van der Waals surface area contributed by atoms with Crippen molar-refractivity contribution in [2.24, 2.45) is 18.0 Å². The van der Waals surface area contributed by atoms with E-state index < -0.39 is 5.54 Å². The maximum atomic E-state index is 13.3. The van der Waals surface area contributed by atoms with E-state index in [1.165, 1.54) is 0 Å². The lowest BCUT2D eigenvalue weighted by molar-refractivity contribution is -0.138. The Hall–Kier alpha value is -3.48. The number of likely N-dealkylation sites (tertiary alicyclic amines) is 1. The molecule has 0 bridgehead atoms. The number of aromatic nitrogens is 2. The molecule has 34 heavy (non-hydrogen) atoms. The summed E-state index contributed by atoms with van der Waals surface area (Å²) in [4.78, 5) is 33.9. The van der Waals surface area contributed by atoms with Gasteiger partial charge in [0.2, 0.25) is 5.91 Å². The molecule has 2 aromatic carbocycles. The van der Waals surface area contributed by atoms with Crippen LogP contribution in [0.1, 0.15) is 37.3 Å². The maximum absolute atomic E-state index is 13.3. The Balaban J connectivity index is 1.27. The van der Waals surface area contributed by atoms with Crippen molar-refractivity contribution in [3.63, 3.8) is 0 Å². The number of carbonyl (C=O) groups is 2. The number of aryl methyl sites for hydroxylation is 2. The molecule has 3 aromatic rings. The molecule has 174 valence electrons. The summed E-state index contributed by atoms with van der Waals surface area (Å²) in [5.41, 5.74) is 4.98. The normalized spacial score (nSPS) is 19.1. The Morgan fingerprint density at radius 3 is 2.56 bits per heavy atom. The molecule has 7 nitrogen and oxygen atoms in total. The summed E-state index contributed by atoms with van der Waals surface area (Å²) in [7, 11) is 1.95. The smallest absolute Gasteiger partial charge is 0.256 e. The Morgan fingerprint density at radius 2 is 1.85 bits per heavy atom. The molecule has 7 heteroatoms. The standard InChI is InChI=1S/C27H29N5O2/c1-4-24(33)31-14-18(15-31)16-32-25(29-27(9-10-27)26(32)34)22-7-5-19(11-17(22)2)20-6-8-23-21(12-20)13-28-30(23)3/h5-8,11-13,18H,4,9-10,14-16H2,1-3H3. The lowest BCUT2D eigenvalue weighted by Crippen LogP contribution is -2.55. The Bertz CT molecular complexity index is 1360. The zero-order valence-corrected chi connectivity index (χ0v) is 19.9. The van der Waals surface area contributed by atoms with Crippen molar-refractivity contribution in [2.75, 3.05) is 19.6 Å². The van der Waals surface area contributed by atoms with Gasteiger partial charge in [-0.1, -0.05) is 31.2 Å². The van der Waals surface area contributed by atoms with Crippen molar-refractivity contribution in [3.8, 4) is 11.1 Å². The van der Waals surface area contributed by atoms with Crippen LogP contribution in [0.5, 0.6) is 0 Å². The van der Waals surface area contributed by atoms with Crippen molar-refractivity contribution in [1.82, 2.24) is 19.6 Å². The highest BCUT2D eigenvalue weighted by Gasteiger charge is 2.57. The van der Waals surface area contributed by atoms with Crippen LogP contribution in [0, 0.1) is 12.8 Å². The summed E-state index contributed by atoms with van der Waals surface area (Å²) >= 11 is 0. The average molecular weight is 456 g/mol. The van der Waals surface area contributed by atoms with Crippen LogP contribution in [0.25, 0.3) is 22.0 Å². The summed E-state index contributed by atoms with van der Waals surface area (Å²) in [6, 6.07) is 12.8. The van der Waals surface area contributed by atoms with Crippen LogP contribution >= 0.6 is 0 Å². The van der Waals surface area contributed by atoms with E-state index in [-0.39, 0.29) is 11.8 Å². The number of carbonyl (C=O) groups excluding carboxylic acids is 2. The van der Waals surface area contributed by atoms with E-state index in [4.69, 9.17) is 4.99 Å². The van der Waals surface area contributed by atoms with E-state index >= 15 is 0 Å². The van der Waals surface area contributed by atoms with E-state index in [9.17, 15) is 9.59 Å². The predicted molar refractivity (Wildman–Crippen MR) is 131 cm³/mol. The van der Waals surface area contributed by atoms with E-state index in [1.807, 2.05) is 34.6 Å². The minimum atomic E-state index is -0.533. The average Bonchev–Trinajstić information content (AvgIpc) is 3.44. The van der Waals surface area contributed by atoms with Gasteiger partial charge in [0, 0.05) is 50.0 Å². The Labute approximate surface area is 199 Å². The van der Waals surface area contributed by atoms with Crippen molar-refractivity contribution in [2.45, 2.75) is 38.6 Å². The quantitative estimate of drug-likeness (QED) is 0.591. The number of hydrogen-bond acceptors (Lipinski definition) is 4. The van der Waals surface area contributed by atoms with E-state index in [1.54, 1.807) is 0 Å². The molecule has 0 unspecified atom stereocenters. The third-order valence-corrected chi connectivity index (χ3v) is 7.54. The molecule has 6 rings (SSSR count). The van der Waals surface area contributed by atoms with Gasteiger partial charge >= 0.3 is 0 Å². The molecular formula is C27H29N5O2. The first-order chi connectivity index (χ1) is 16.4. The fourth-order valence-corrected chi connectivity index (χ4v) is 5.29. The van der Waals surface area contributed by atoms with Crippen LogP contribution in [0.2, 0.25) is 0 Å². The molecule has 1 spiro atoms. The number of amidine groups is 1. The van der Waals surface area contributed by atoms with Crippen LogP contribution in [0.15, 0.2) is 47.6 Å². The van der Waals surface area contributed by atoms with Gasteiger partial charge in [0.15, 0.2) is 0 Å². The van der Waals surface area contributed by atoms with Gasteiger partial charge < -0.3 is 4.90 Å². The molecule has 0 N–H and O–H groups in total. The molecule has 1 saturated heterocycles. The van der Waals surface area contributed by atoms with Crippen LogP contribution in [0.3, 0.4) is 0 Å². The number of rotatable bonds is 5. The van der Waals surface area contributed by atoms with Crippen LogP contribution in [-0.2, 0) is 16.6 Å². The van der Waals surface area contributed by atoms with Gasteiger partial charge in [-0.3, -0.25) is 24.2 Å². The van der Waals surface area contributed by atoms with E-state index in [0.717, 1.165) is 64.9 Å². The van der Waals surface area contributed by atoms with Crippen LogP contribution < -0.4 is 0 Å². The van der Waals surface area contributed by atoms with Crippen molar-refractivity contribution >= 4 is 28.6 Å². The first-order valence-electron chi connectivity index (χ1n) is 12.1. The number of aliphatic imine (C=N–C) groups is 1. The number of amides is 2. The number of nitrogens with zero attached hydrogens (tertiary/aromatic N) is 5. The summed E-state index contributed by atoms with van der Waals surface area (Å²) in [5, 5.41) is 5.46. The maximum Gasteiger partial charge on any atom is 0.256 e. The molecule has 2 aliphatic heterocycles. The van der Waals surface area contributed by atoms with Gasteiger partial charge in [-0.2, -0.15) is 5.10 Å². The molecule has 2 fully saturated rings. The molecule has 1 aliphatic carbocycles. The van der Waals surface area contributed by atoms with Gasteiger partial charge in [-0.25, -0.2) is 0 Å². The van der Waals surface area contributed by atoms with E-state index in [0.29, 0.717) is 18.9 Å². The zero-order valence-electron chi connectivity index (χ0n) is 19.9. The SMILES string of the molecule is CCC(=O)N1CC(CN2C(=O)C3(CC3)N=C2c2ccc(-c3ccc4c(cnn4C)c3)cc2C)C1. The fraction of sp³-hybridized carbons (Fsp3) is 0.407. The van der Waals surface area contributed by atoms with Gasteiger partial charge in [0.05, 0.1) is 11.7 Å². The molecule has 3 heterocycles. The Kier molecular flexibility index (Phi) is 4.66. The highest BCUT2D eigenvalue weighted by atomic mass is 16.2. The molecule has 1 saturated carbocycles. The van der Waals surface area contributed by atoms with Crippen molar-refractivity contribution < 1.29 is 9.59 Å². The summed E-state index contributed by atoms with van der Waals surface area (Å²) in [6.45, 7) is 6.07. The third kappa shape index (κ3) is 3.25. The van der Waals surface area contributed by atoms with E-state index in [2.05, 4.69) is 48.4 Å². The minimum absolute atomic E-state index is 0.133. The molecule has 0 atom stereocenters. The molecule has 1 aromatic heterocycles. The number of hydrogen-bond donors (Lipinski definition) is 0. The Morgan fingerprint density at radius 1 is 1.12 bits per heavy atom. The summed E-state index contributed by atoms with van der Waals surface area (Å²) in [5.74, 6) is 1.43. The number of fused-ring (bicyclic) bond motifs is 1. The largest absolute Gasteiger partial charge is 0.342 e. The molecular weight excluding hydrogens is 426 g/mol. The fourth-order valence-electron chi connectivity index (χ4n) is 5.29. The highest BCUT2D eigenvalue weighted by molar-refractivity contribution is 6.17. The minimum Gasteiger partial charge on any atom is -0.342 e. The van der Waals surface area contributed by atoms with Gasteiger partial charge in [0.25, 0.3) is 5.91 Å². The topological polar surface area (TPSA) is 70.8 Å². The summed E-state index contributed by atoms with van der Waals surface area (Å²) in [6.07, 6.45) is 4.09. The van der Waals surface area contributed by atoms with Gasteiger partial charge in [0.1, 0.15) is 11.4 Å². The second-order valence-corrected chi connectivity index (χ2v) is 9.97. The van der Waals surface area contributed by atoms with Gasteiger partial charge in [-0.15, -0.1) is 0 Å². The number of benzene rings is 2. The molecule has 2 amide bonds. The molecule has 3 aliphatic rings. The highest BCUT2D eigenvalue weighted by Crippen LogP contribution is 2.46. The monoisotopic (exact) mass is 455 g/mol. The first kappa shape index (κ1) is 21.1. The summed E-state index contributed by atoms with van der Waals surface area (Å²) < 4.78 is 1.88. The lowest BCUT2D eigenvalue weighted by atomic mass is 9.96. The second-order valence-electron chi connectivity index (χ2n) is 9.97. The van der Waals surface area contributed by atoms with Crippen molar-refractivity contribution in [1.29, 1.82) is 0 Å². The second kappa shape index (κ2) is 7.52.